The SMILES string of the molecule is CC1(C)c2ccccc2-c2c(N(c3ccc(-c4cccc5ccccc45)cc3)c3c4oc(-c5ccccc5)nc4cc4c3oc3ccccc34)cccc21. The van der Waals surface area contributed by atoms with Crippen molar-refractivity contribution in [3.05, 3.63) is 181 Å². The van der Waals surface area contributed by atoms with Crippen molar-refractivity contribution in [3.63, 3.8) is 0 Å². The van der Waals surface area contributed by atoms with Crippen LogP contribution in [-0.4, -0.2) is 4.98 Å². The lowest BCUT2D eigenvalue weighted by atomic mass is 9.82. The highest BCUT2D eigenvalue weighted by molar-refractivity contribution is 6.18. The van der Waals surface area contributed by atoms with E-state index in [0.717, 1.165) is 55.6 Å². The largest absolute Gasteiger partial charge is 0.454 e. The Hall–Kier alpha value is -6.91. The summed E-state index contributed by atoms with van der Waals surface area (Å²) in [5.41, 5.74) is 14.0. The second-order valence-corrected chi connectivity index (χ2v) is 14.7. The molecule has 256 valence electrons. The number of furan rings is 1. The van der Waals surface area contributed by atoms with Gasteiger partial charge in [0.15, 0.2) is 11.2 Å². The molecule has 54 heavy (non-hydrogen) atoms. The Balaban J connectivity index is 1.23. The molecule has 0 atom stereocenters. The predicted octanol–water partition coefficient (Wildman–Crippen LogP) is 14.0. The van der Waals surface area contributed by atoms with E-state index in [-0.39, 0.29) is 5.41 Å². The van der Waals surface area contributed by atoms with E-state index in [0.29, 0.717) is 11.5 Å². The van der Waals surface area contributed by atoms with Crippen LogP contribution in [0.15, 0.2) is 179 Å². The molecule has 1 aliphatic carbocycles. The third-order valence-electron chi connectivity index (χ3n) is 11.3. The number of aromatic nitrogens is 1. The number of fused-ring (bicyclic) bond motifs is 8. The molecule has 2 heterocycles. The fourth-order valence-corrected chi connectivity index (χ4v) is 8.71. The van der Waals surface area contributed by atoms with Crippen LogP contribution in [0.2, 0.25) is 0 Å². The Bertz CT molecular complexity index is 3070. The van der Waals surface area contributed by atoms with Gasteiger partial charge in [0.2, 0.25) is 5.89 Å². The van der Waals surface area contributed by atoms with E-state index >= 15 is 0 Å². The summed E-state index contributed by atoms with van der Waals surface area (Å²) in [7, 11) is 0. The first-order valence-electron chi connectivity index (χ1n) is 18.5. The van der Waals surface area contributed by atoms with E-state index in [1.54, 1.807) is 0 Å². The van der Waals surface area contributed by atoms with Crippen molar-refractivity contribution in [1.29, 1.82) is 0 Å². The maximum absolute atomic E-state index is 6.87. The Labute approximate surface area is 312 Å². The Morgan fingerprint density at radius 2 is 1.20 bits per heavy atom. The second-order valence-electron chi connectivity index (χ2n) is 14.7. The average Bonchev–Trinajstić information content (AvgIpc) is 3.89. The highest BCUT2D eigenvalue weighted by Crippen LogP contribution is 2.56. The molecular weight excluding hydrogens is 661 g/mol. The molecule has 0 bridgehead atoms. The van der Waals surface area contributed by atoms with Crippen LogP contribution in [0.4, 0.5) is 17.1 Å². The van der Waals surface area contributed by atoms with Gasteiger partial charge in [-0.25, -0.2) is 4.98 Å². The molecule has 0 saturated heterocycles. The molecule has 0 saturated carbocycles. The summed E-state index contributed by atoms with van der Waals surface area (Å²) in [6.45, 7) is 4.65. The van der Waals surface area contributed by atoms with Gasteiger partial charge in [-0.05, 0) is 81.1 Å². The van der Waals surface area contributed by atoms with Crippen LogP contribution < -0.4 is 4.90 Å². The minimum Gasteiger partial charge on any atom is -0.454 e. The first-order chi connectivity index (χ1) is 26.5. The zero-order chi connectivity index (χ0) is 36.0. The van der Waals surface area contributed by atoms with E-state index in [2.05, 4.69) is 146 Å². The smallest absolute Gasteiger partial charge is 0.227 e. The number of anilines is 3. The van der Waals surface area contributed by atoms with Gasteiger partial charge < -0.3 is 13.7 Å². The van der Waals surface area contributed by atoms with Crippen LogP contribution >= 0.6 is 0 Å². The first-order valence-corrected chi connectivity index (χ1v) is 18.5. The van der Waals surface area contributed by atoms with E-state index in [9.17, 15) is 0 Å². The zero-order valence-electron chi connectivity index (χ0n) is 29.9. The molecule has 11 rings (SSSR count). The highest BCUT2D eigenvalue weighted by Gasteiger charge is 2.38. The van der Waals surface area contributed by atoms with Gasteiger partial charge in [0, 0.05) is 33.0 Å². The van der Waals surface area contributed by atoms with Crippen LogP contribution in [0, 0.1) is 0 Å². The summed E-state index contributed by atoms with van der Waals surface area (Å²) in [6, 6.07) is 60.0. The van der Waals surface area contributed by atoms with E-state index in [1.165, 1.54) is 38.6 Å². The highest BCUT2D eigenvalue weighted by atomic mass is 16.4. The van der Waals surface area contributed by atoms with Crippen molar-refractivity contribution in [2.75, 3.05) is 4.90 Å². The normalized spacial score (nSPS) is 13.1. The van der Waals surface area contributed by atoms with E-state index in [4.69, 9.17) is 13.8 Å². The molecule has 2 aromatic heterocycles. The van der Waals surface area contributed by atoms with Gasteiger partial charge in [0.25, 0.3) is 0 Å². The topological polar surface area (TPSA) is 42.4 Å². The second kappa shape index (κ2) is 11.5. The monoisotopic (exact) mass is 694 g/mol. The predicted molar refractivity (Wildman–Crippen MR) is 222 cm³/mol. The van der Waals surface area contributed by atoms with Gasteiger partial charge in [-0.3, -0.25) is 0 Å². The minimum absolute atomic E-state index is 0.181. The quantitative estimate of drug-likeness (QED) is 0.180. The Morgan fingerprint density at radius 1 is 0.519 bits per heavy atom. The summed E-state index contributed by atoms with van der Waals surface area (Å²) in [6.07, 6.45) is 0. The number of benzene rings is 8. The fourth-order valence-electron chi connectivity index (χ4n) is 8.71. The maximum Gasteiger partial charge on any atom is 0.227 e. The molecule has 0 radical (unpaired) electrons. The first kappa shape index (κ1) is 30.7. The molecule has 0 amide bonds. The summed E-state index contributed by atoms with van der Waals surface area (Å²) in [5.74, 6) is 0.569. The van der Waals surface area contributed by atoms with Crippen LogP contribution in [0.3, 0.4) is 0 Å². The number of hydrogen-bond donors (Lipinski definition) is 0. The lowest BCUT2D eigenvalue weighted by Crippen LogP contribution is -2.16. The van der Waals surface area contributed by atoms with Gasteiger partial charge in [0.1, 0.15) is 16.8 Å². The van der Waals surface area contributed by atoms with Crippen molar-refractivity contribution in [2.24, 2.45) is 0 Å². The van der Waals surface area contributed by atoms with Gasteiger partial charge >= 0.3 is 0 Å². The van der Waals surface area contributed by atoms with Crippen molar-refractivity contribution in [3.8, 4) is 33.7 Å². The Kier molecular flexibility index (Phi) is 6.56. The van der Waals surface area contributed by atoms with Crippen LogP contribution in [0.1, 0.15) is 25.0 Å². The minimum atomic E-state index is -0.181. The summed E-state index contributed by atoms with van der Waals surface area (Å²) in [4.78, 5) is 7.47. The maximum atomic E-state index is 6.87. The lowest BCUT2D eigenvalue weighted by Gasteiger charge is -2.29. The average molecular weight is 695 g/mol. The Morgan fingerprint density at radius 3 is 2.07 bits per heavy atom. The van der Waals surface area contributed by atoms with Gasteiger partial charge in [-0.2, -0.15) is 0 Å². The van der Waals surface area contributed by atoms with Crippen molar-refractivity contribution in [1.82, 2.24) is 4.98 Å². The number of rotatable bonds is 5. The van der Waals surface area contributed by atoms with E-state index in [1.807, 2.05) is 42.5 Å². The number of hydrogen-bond acceptors (Lipinski definition) is 4. The third kappa shape index (κ3) is 4.47. The van der Waals surface area contributed by atoms with Crippen LogP contribution in [0.25, 0.3) is 77.5 Å². The van der Waals surface area contributed by atoms with Crippen molar-refractivity contribution >= 4 is 60.9 Å². The lowest BCUT2D eigenvalue weighted by molar-refractivity contribution is 0.618. The van der Waals surface area contributed by atoms with Gasteiger partial charge in [0.05, 0.1) is 5.69 Å². The van der Waals surface area contributed by atoms with Crippen molar-refractivity contribution < 1.29 is 8.83 Å². The molecule has 8 aromatic carbocycles. The fraction of sp³-hybridized carbons (Fsp3) is 0.0600. The molecule has 4 heteroatoms. The van der Waals surface area contributed by atoms with Gasteiger partial charge in [-0.15, -0.1) is 0 Å². The molecule has 0 spiro atoms. The van der Waals surface area contributed by atoms with Crippen molar-refractivity contribution in [2.45, 2.75) is 19.3 Å². The van der Waals surface area contributed by atoms with Crippen LogP contribution in [-0.2, 0) is 5.41 Å². The molecular formula is C50H34N2O2. The summed E-state index contributed by atoms with van der Waals surface area (Å²) < 4.78 is 13.7. The molecule has 1 aliphatic rings. The van der Waals surface area contributed by atoms with E-state index < -0.39 is 0 Å². The number of nitrogens with zero attached hydrogens (tertiary/aromatic N) is 2. The number of oxazole rings is 1. The standard InChI is InChI=1S/C50H34N2O2/c1-50(2)40-22-10-8-20-38(40)45-41(50)23-13-24-43(45)52(34-28-26-32(27-29-34)36-21-12-17-31-14-6-7-18-35(31)36)46-47-39(37-19-9-11-25-44(37)53-47)30-42-48(46)54-49(51-42)33-15-4-3-5-16-33/h3-30H,1-2H3. The summed E-state index contributed by atoms with van der Waals surface area (Å²) in [5, 5.41) is 4.48. The summed E-state index contributed by atoms with van der Waals surface area (Å²) >= 11 is 0. The molecule has 0 unspecified atom stereocenters. The van der Waals surface area contributed by atoms with Gasteiger partial charge in [-0.1, -0.05) is 141 Å². The molecule has 0 fully saturated rings. The third-order valence-corrected chi connectivity index (χ3v) is 11.3. The number of para-hydroxylation sites is 1. The molecule has 0 aliphatic heterocycles. The molecule has 10 aromatic rings. The molecule has 0 N–H and O–H groups in total. The zero-order valence-corrected chi connectivity index (χ0v) is 29.9. The molecule has 4 nitrogen and oxygen atoms in total. The van der Waals surface area contributed by atoms with Crippen LogP contribution in [0.5, 0.6) is 0 Å².